The molecule has 0 spiro atoms. The summed E-state index contributed by atoms with van der Waals surface area (Å²) in [5.41, 5.74) is -0.0184. The van der Waals surface area contributed by atoms with E-state index in [2.05, 4.69) is 10.2 Å². The fourth-order valence-corrected chi connectivity index (χ4v) is 2.77. The van der Waals surface area contributed by atoms with Crippen LogP contribution in [0.2, 0.25) is 0 Å². The summed E-state index contributed by atoms with van der Waals surface area (Å²) in [5, 5.41) is 17.5. The highest BCUT2D eigenvalue weighted by Crippen LogP contribution is 2.35. The Bertz CT molecular complexity index is 971. The van der Waals surface area contributed by atoms with Crippen molar-refractivity contribution < 1.29 is 27.8 Å². The maximum absolute atomic E-state index is 13.0. The van der Waals surface area contributed by atoms with Crippen LogP contribution in [-0.4, -0.2) is 52.4 Å². The molecular weight excluding hydrogens is 375 g/mol. The summed E-state index contributed by atoms with van der Waals surface area (Å²) in [6.45, 7) is -0.528. The monoisotopic (exact) mass is 393 g/mol. The average Bonchev–Trinajstić information content (AvgIpc) is 3.09. The third kappa shape index (κ3) is 4.25. The van der Waals surface area contributed by atoms with Crippen LogP contribution in [0.1, 0.15) is 16.1 Å². The fraction of sp³-hybridized carbons (Fsp3) is 0.263. The van der Waals surface area contributed by atoms with Crippen LogP contribution >= 0.6 is 0 Å². The standard InChI is InChI=1S/C19H18F3N3O3/c1-25(18(27)17-13-6-2-4-8-15(13)23-24-17)10-12(26)11-28-16-9-5-3-7-14(16)19(20,21)22/h2-9,12,26H,10-11H2,1H3,(H,23,24). The molecule has 1 atom stereocenters. The minimum absolute atomic E-state index is 0.131. The Morgan fingerprint density at radius 2 is 1.89 bits per heavy atom. The summed E-state index contributed by atoms with van der Waals surface area (Å²) in [5.74, 6) is -0.798. The Hall–Kier alpha value is -3.07. The Balaban J connectivity index is 1.62. The van der Waals surface area contributed by atoms with Crippen LogP contribution in [0.15, 0.2) is 48.5 Å². The summed E-state index contributed by atoms with van der Waals surface area (Å²) < 4.78 is 44.0. The molecule has 0 aliphatic rings. The summed E-state index contributed by atoms with van der Waals surface area (Å²) in [7, 11) is 1.47. The number of hydrogen-bond donors (Lipinski definition) is 2. The van der Waals surface area contributed by atoms with Gasteiger partial charge in [-0.3, -0.25) is 9.89 Å². The maximum atomic E-state index is 13.0. The van der Waals surface area contributed by atoms with E-state index in [4.69, 9.17) is 4.74 Å². The number of nitrogens with zero attached hydrogens (tertiary/aromatic N) is 2. The van der Waals surface area contributed by atoms with Crippen LogP contribution in [0, 0.1) is 0 Å². The highest BCUT2D eigenvalue weighted by atomic mass is 19.4. The van der Waals surface area contributed by atoms with E-state index in [9.17, 15) is 23.1 Å². The van der Waals surface area contributed by atoms with Crippen LogP contribution in [-0.2, 0) is 6.18 Å². The molecule has 9 heteroatoms. The molecule has 0 saturated carbocycles. The second-order valence-electron chi connectivity index (χ2n) is 6.26. The number of aliphatic hydroxyl groups is 1. The van der Waals surface area contributed by atoms with Crippen molar-refractivity contribution >= 4 is 16.8 Å². The number of aliphatic hydroxyl groups excluding tert-OH is 1. The Labute approximate surface area is 158 Å². The molecule has 1 heterocycles. The molecule has 3 rings (SSSR count). The largest absolute Gasteiger partial charge is 0.490 e. The van der Waals surface area contributed by atoms with Crippen molar-refractivity contribution in [3.8, 4) is 5.75 Å². The first kappa shape index (κ1) is 19.7. The first-order valence-electron chi connectivity index (χ1n) is 8.43. The lowest BCUT2D eigenvalue weighted by Gasteiger charge is -2.21. The lowest BCUT2D eigenvalue weighted by molar-refractivity contribution is -0.139. The number of carbonyl (C=O) groups excluding carboxylic acids is 1. The lowest BCUT2D eigenvalue weighted by atomic mass is 10.2. The second-order valence-corrected chi connectivity index (χ2v) is 6.26. The third-order valence-electron chi connectivity index (χ3n) is 4.13. The van der Waals surface area contributed by atoms with Crippen LogP contribution in [0.4, 0.5) is 13.2 Å². The molecule has 28 heavy (non-hydrogen) atoms. The number of carbonyl (C=O) groups is 1. The molecular formula is C19H18F3N3O3. The van der Waals surface area contributed by atoms with Gasteiger partial charge in [0.05, 0.1) is 11.1 Å². The number of benzene rings is 2. The topological polar surface area (TPSA) is 78.5 Å². The third-order valence-corrected chi connectivity index (χ3v) is 4.13. The van der Waals surface area contributed by atoms with E-state index in [-0.39, 0.29) is 18.0 Å². The highest BCUT2D eigenvalue weighted by molar-refractivity contribution is 6.04. The van der Waals surface area contributed by atoms with Crippen molar-refractivity contribution in [2.45, 2.75) is 12.3 Å². The van der Waals surface area contributed by atoms with Crippen molar-refractivity contribution in [3.05, 3.63) is 59.8 Å². The van der Waals surface area contributed by atoms with Crippen molar-refractivity contribution in [2.24, 2.45) is 0 Å². The molecule has 1 unspecified atom stereocenters. The number of aromatic nitrogens is 2. The predicted molar refractivity (Wildman–Crippen MR) is 96.0 cm³/mol. The number of rotatable bonds is 6. The van der Waals surface area contributed by atoms with Crippen molar-refractivity contribution in [2.75, 3.05) is 20.2 Å². The number of hydrogen-bond acceptors (Lipinski definition) is 4. The van der Waals surface area contributed by atoms with Crippen LogP contribution in [0.3, 0.4) is 0 Å². The van der Waals surface area contributed by atoms with Gasteiger partial charge in [-0.2, -0.15) is 18.3 Å². The van der Waals surface area contributed by atoms with Crippen molar-refractivity contribution in [1.82, 2.24) is 15.1 Å². The summed E-state index contributed by atoms with van der Waals surface area (Å²) >= 11 is 0. The minimum atomic E-state index is -4.56. The first-order chi connectivity index (χ1) is 13.3. The van der Waals surface area contributed by atoms with Crippen LogP contribution in [0.25, 0.3) is 10.9 Å². The van der Waals surface area contributed by atoms with Crippen LogP contribution in [0.5, 0.6) is 5.75 Å². The van der Waals surface area contributed by atoms with Gasteiger partial charge in [0.15, 0.2) is 5.69 Å². The van der Waals surface area contributed by atoms with Gasteiger partial charge >= 0.3 is 6.18 Å². The van der Waals surface area contributed by atoms with E-state index in [1.807, 2.05) is 0 Å². The highest BCUT2D eigenvalue weighted by Gasteiger charge is 2.34. The number of fused-ring (bicyclic) bond motifs is 1. The molecule has 1 amide bonds. The molecule has 0 saturated heterocycles. The van der Waals surface area contributed by atoms with E-state index in [0.29, 0.717) is 10.9 Å². The Morgan fingerprint density at radius 3 is 2.64 bits per heavy atom. The molecule has 6 nitrogen and oxygen atoms in total. The van der Waals surface area contributed by atoms with Gasteiger partial charge in [0.1, 0.15) is 18.5 Å². The van der Waals surface area contributed by atoms with Gasteiger partial charge in [-0.1, -0.05) is 30.3 Å². The molecule has 0 bridgehead atoms. The number of aromatic amines is 1. The number of para-hydroxylation sites is 2. The molecule has 0 fully saturated rings. The van der Waals surface area contributed by atoms with Gasteiger partial charge in [-0.15, -0.1) is 0 Å². The summed E-state index contributed by atoms with van der Waals surface area (Å²) in [4.78, 5) is 13.8. The van der Waals surface area contributed by atoms with E-state index in [0.717, 1.165) is 6.07 Å². The normalized spacial score (nSPS) is 12.8. The smallest absolute Gasteiger partial charge is 0.419 e. The molecule has 2 N–H and O–H groups in total. The van der Waals surface area contributed by atoms with E-state index in [1.165, 1.54) is 30.1 Å². The maximum Gasteiger partial charge on any atom is 0.419 e. The zero-order valence-electron chi connectivity index (χ0n) is 14.9. The van der Waals surface area contributed by atoms with Gasteiger partial charge in [0.2, 0.25) is 0 Å². The quantitative estimate of drug-likeness (QED) is 0.675. The van der Waals surface area contributed by atoms with E-state index in [1.54, 1.807) is 24.3 Å². The zero-order valence-corrected chi connectivity index (χ0v) is 14.9. The number of H-pyrrole nitrogens is 1. The van der Waals surface area contributed by atoms with Crippen molar-refractivity contribution in [3.63, 3.8) is 0 Å². The van der Waals surface area contributed by atoms with Gasteiger partial charge in [0.25, 0.3) is 5.91 Å². The van der Waals surface area contributed by atoms with E-state index < -0.39 is 30.4 Å². The summed E-state index contributed by atoms with van der Waals surface area (Å²) in [6, 6.07) is 11.9. The number of halogens is 3. The van der Waals surface area contributed by atoms with Gasteiger partial charge in [-0.05, 0) is 18.2 Å². The van der Waals surface area contributed by atoms with Gasteiger partial charge in [-0.25, -0.2) is 0 Å². The number of alkyl halides is 3. The van der Waals surface area contributed by atoms with E-state index >= 15 is 0 Å². The van der Waals surface area contributed by atoms with Crippen molar-refractivity contribution in [1.29, 1.82) is 0 Å². The molecule has 2 aromatic carbocycles. The zero-order chi connectivity index (χ0) is 20.3. The fourth-order valence-electron chi connectivity index (χ4n) is 2.77. The molecule has 148 valence electrons. The minimum Gasteiger partial charge on any atom is -0.490 e. The predicted octanol–water partition coefficient (Wildman–Crippen LogP) is 3.09. The molecule has 0 aliphatic heterocycles. The number of amides is 1. The average molecular weight is 393 g/mol. The summed E-state index contributed by atoms with van der Waals surface area (Å²) in [6.07, 6.45) is -5.74. The first-order valence-corrected chi connectivity index (χ1v) is 8.43. The Kier molecular flexibility index (Phi) is 5.55. The number of likely N-dealkylation sites (N-methyl/N-ethyl adjacent to an activating group) is 1. The Morgan fingerprint density at radius 1 is 1.21 bits per heavy atom. The SMILES string of the molecule is CN(CC(O)COc1ccccc1C(F)(F)F)C(=O)c1n[nH]c2ccccc12. The molecule has 1 aromatic heterocycles. The van der Waals surface area contributed by atoms with Gasteiger partial charge < -0.3 is 14.7 Å². The number of ether oxygens (including phenoxy) is 1. The van der Waals surface area contributed by atoms with Gasteiger partial charge in [0, 0.05) is 19.0 Å². The lowest BCUT2D eigenvalue weighted by Crippen LogP contribution is -2.37. The van der Waals surface area contributed by atoms with Crippen LogP contribution < -0.4 is 4.74 Å². The second kappa shape index (κ2) is 7.89. The number of nitrogens with one attached hydrogen (secondary N) is 1. The molecule has 0 radical (unpaired) electrons. The molecule has 0 aliphatic carbocycles. The molecule has 3 aromatic rings.